The van der Waals surface area contributed by atoms with Crippen LogP contribution in [0.2, 0.25) is 10.0 Å². The van der Waals surface area contributed by atoms with Gasteiger partial charge >= 0.3 is 0 Å². The Kier molecular flexibility index (Phi) is 7.97. The fourth-order valence-electron chi connectivity index (χ4n) is 2.53. The van der Waals surface area contributed by atoms with E-state index < -0.39 is 0 Å². The molecular weight excluding hydrogens is 417 g/mol. The van der Waals surface area contributed by atoms with Crippen LogP contribution in [0, 0.1) is 0 Å². The van der Waals surface area contributed by atoms with Crippen LogP contribution in [-0.2, 0) is 20.2 Å². The Labute approximate surface area is 178 Å². The van der Waals surface area contributed by atoms with Gasteiger partial charge in [0, 0.05) is 40.5 Å². The number of ether oxygens (including phenoxy) is 1. The number of aromatic nitrogens is 4. The first-order valence-electron chi connectivity index (χ1n) is 8.84. The molecule has 0 aliphatic heterocycles. The first-order valence-corrected chi connectivity index (χ1v) is 10.6. The molecule has 9 heteroatoms. The highest BCUT2D eigenvalue weighted by atomic mass is 35.5. The van der Waals surface area contributed by atoms with Gasteiger partial charge in [0.1, 0.15) is 12.4 Å². The fourth-order valence-corrected chi connectivity index (χ4v) is 3.70. The fraction of sp³-hybridized carbons (Fsp3) is 0.316. The Hall–Kier alpha value is -1.80. The number of nitrogens with zero attached hydrogens (tertiary/aromatic N) is 4. The molecule has 3 rings (SSSR count). The van der Waals surface area contributed by atoms with E-state index in [9.17, 15) is 0 Å². The summed E-state index contributed by atoms with van der Waals surface area (Å²) in [6.07, 6.45) is 0.994. The van der Waals surface area contributed by atoms with Crippen LogP contribution >= 0.6 is 35.0 Å². The molecule has 0 aliphatic rings. The van der Waals surface area contributed by atoms with Crippen LogP contribution in [0.3, 0.4) is 0 Å². The minimum absolute atomic E-state index is 0.413. The lowest BCUT2D eigenvalue weighted by molar-refractivity contribution is 0.302. The van der Waals surface area contributed by atoms with Crippen LogP contribution in [0.15, 0.2) is 47.6 Å². The van der Waals surface area contributed by atoms with Crippen LogP contribution in [0.5, 0.6) is 5.75 Å². The molecule has 0 amide bonds. The van der Waals surface area contributed by atoms with Gasteiger partial charge in [-0.25, -0.2) is 4.68 Å². The number of aryl methyl sites for hydroxylation is 1. The maximum absolute atomic E-state index is 6.21. The van der Waals surface area contributed by atoms with Gasteiger partial charge in [-0.3, -0.25) is 0 Å². The summed E-state index contributed by atoms with van der Waals surface area (Å²) >= 11 is 14.0. The van der Waals surface area contributed by atoms with Gasteiger partial charge in [-0.1, -0.05) is 53.2 Å². The lowest BCUT2D eigenvalue weighted by Crippen LogP contribution is -2.16. The van der Waals surface area contributed by atoms with E-state index in [0.717, 1.165) is 40.8 Å². The highest BCUT2D eigenvalue weighted by Crippen LogP contribution is 2.25. The monoisotopic (exact) mass is 437 g/mol. The van der Waals surface area contributed by atoms with Crippen molar-refractivity contribution in [3.8, 4) is 5.75 Å². The van der Waals surface area contributed by atoms with Crippen LogP contribution in [0.1, 0.15) is 17.5 Å². The van der Waals surface area contributed by atoms with E-state index >= 15 is 0 Å². The number of nitrogens with one attached hydrogen (secondary N) is 1. The second-order valence-corrected chi connectivity index (χ2v) is 8.00. The number of hydrogen-bond acceptors (Lipinski definition) is 6. The van der Waals surface area contributed by atoms with Crippen molar-refractivity contribution in [2.24, 2.45) is 7.05 Å². The summed E-state index contributed by atoms with van der Waals surface area (Å²) in [6, 6.07) is 13.3. The predicted molar refractivity (Wildman–Crippen MR) is 113 cm³/mol. The van der Waals surface area contributed by atoms with Crippen molar-refractivity contribution in [1.29, 1.82) is 0 Å². The molecule has 1 N–H and O–H groups in total. The van der Waals surface area contributed by atoms with Crippen molar-refractivity contribution in [2.75, 3.05) is 12.3 Å². The highest BCUT2D eigenvalue weighted by Gasteiger charge is 2.07. The van der Waals surface area contributed by atoms with Crippen molar-refractivity contribution in [3.05, 3.63) is 63.6 Å². The first-order chi connectivity index (χ1) is 13.6. The quantitative estimate of drug-likeness (QED) is 0.375. The summed E-state index contributed by atoms with van der Waals surface area (Å²) in [5.41, 5.74) is 1.97. The molecule has 0 unspecified atom stereocenters. The number of thioether (sulfide) groups is 1. The Balaban J connectivity index is 1.47. The second kappa shape index (κ2) is 10.7. The lowest BCUT2D eigenvalue weighted by Gasteiger charge is -2.13. The Bertz CT molecular complexity index is 906. The first kappa shape index (κ1) is 20.9. The Morgan fingerprint density at radius 1 is 1.14 bits per heavy atom. The Morgan fingerprint density at radius 2 is 2.00 bits per heavy atom. The third kappa shape index (κ3) is 6.10. The number of rotatable bonds is 10. The van der Waals surface area contributed by atoms with Crippen molar-refractivity contribution in [1.82, 2.24) is 25.5 Å². The van der Waals surface area contributed by atoms with Crippen molar-refractivity contribution in [3.63, 3.8) is 0 Å². The van der Waals surface area contributed by atoms with Crippen molar-refractivity contribution >= 4 is 35.0 Å². The standard InChI is InChI=1S/C19H21Cl2N5OS/c1-26-19(23-24-25-26)28-10-4-9-22-12-15-11-16(20)7-8-18(15)27-13-14-5-2-3-6-17(14)21/h2-3,5-8,11,22H,4,9-10,12-13H2,1H3. The highest BCUT2D eigenvalue weighted by molar-refractivity contribution is 7.99. The van der Waals surface area contributed by atoms with E-state index in [4.69, 9.17) is 27.9 Å². The molecule has 0 atom stereocenters. The van der Waals surface area contributed by atoms with Gasteiger partial charge in [0.05, 0.1) is 0 Å². The summed E-state index contributed by atoms with van der Waals surface area (Å²) < 4.78 is 7.66. The molecular formula is C19H21Cl2N5OS. The number of hydrogen-bond donors (Lipinski definition) is 1. The largest absolute Gasteiger partial charge is 0.489 e. The Morgan fingerprint density at radius 3 is 2.79 bits per heavy atom. The van der Waals surface area contributed by atoms with Crippen molar-refractivity contribution in [2.45, 2.75) is 24.7 Å². The zero-order valence-corrected chi connectivity index (χ0v) is 17.8. The maximum Gasteiger partial charge on any atom is 0.209 e. The van der Waals surface area contributed by atoms with Gasteiger partial charge in [0.15, 0.2) is 0 Å². The minimum Gasteiger partial charge on any atom is -0.489 e. The van der Waals surface area contributed by atoms with E-state index in [1.54, 1.807) is 16.4 Å². The van der Waals surface area contributed by atoms with E-state index in [1.807, 2.05) is 49.5 Å². The molecule has 1 aromatic heterocycles. The normalized spacial score (nSPS) is 11.0. The van der Waals surface area contributed by atoms with Gasteiger partial charge in [0.2, 0.25) is 5.16 Å². The molecule has 28 heavy (non-hydrogen) atoms. The smallest absolute Gasteiger partial charge is 0.209 e. The molecule has 0 saturated heterocycles. The zero-order valence-electron chi connectivity index (χ0n) is 15.4. The van der Waals surface area contributed by atoms with Crippen LogP contribution in [-0.4, -0.2) is 32.5 Å². The van der Waals surface area contributed by atoms with Gasteiger partial charge in [-0.15, -0.1) is 5.10 Å². The van der Waals surface area contributed by atoms with E-state index in [2.05, 4.69) is 20.8 Å². The van der Waals surface area contributed by atoms with Crippen LogP contribution in [0.25, 0.3) is 0 Å². The molecule has 0 radical (unpaired) electrons. The summed E-state index contributed by atoms with van der Waals surface area (Å²) in [7, 11) is 1.84. The predicted octanol–water partition coefficient (Wildman–Crippen LogP) is 4.37. The molecule has 0 spiro atoms. The minimum atomic E-state index is 0.413. The van der Waals surface area contributed by atoms with Crippen molar-refractivity contribution < 1.29 is 4.74 Å². The summed E-state index contributed by atoms with van der Waals surface area (Å²) in [4.78, 5) is 0. The summed E-state index contributed by atoms with van der Waals surface area (Å²) in [5, 5.41) is 17.1. The third-order valence-corrected chi connectivity index (χ3v) is 5.69. The number of tetrazole rings is 1. The molecule has 0 aliphatic carbocycles. The molecule has 0 saturated carbocycles. The van der Waals surface area contributed by atoms with Gasteiger partial charge in [-0.2, -0.15) is 0 Å². The van der Waals surface area contributed by atoms with Crippen LogP contribution < -0.4 is 10.1 Å². The van der Waals surface area contributed by atoms with E-state index in [1.165, 1.54) is 0 Å². The lowest BCUT2D eigenvalue weighted by atomic mass is 10.2. The van der Waals surface area contributed by atoms with Gasteiger partial charge in [0.25, 0.3) is 0 Å². The molecule has 0 bridgehead atoms. The van der Waals surface area contributed by atoms with E-state index in [0.29, 0.717) is 23.2 Å². The number of halogens is 2. The molecule has 0 fully saturated rings. The third-order valence-electron chi connectivity index (χ3n) is 3.99. The molecule has 6 nitrogen and oxygen atoms in total. The number of benzene rings is 2. The van der Waals surface area contributed by atoms with E-state index in [-0.39, 0.29) is 0 Å². The molecule has 1 heterocycles. The molecule has 2 aromatic carbocycles. The summed E-state index contributed by atoms with van der Waals surface area (Å²) in [6.45, 7) is 1.96. The molecule has 148 valence electrons. The zero-order chi connectivity index (χ0) is 19.8. The second-order valence-electron chi connectivity index (χ2n) is 6.10. The van der Waals surface area contributed by atoms with Crippen LogP contribution in [0.4, 0.5) is 0 Å². The molecule has 3 aromatic rings. The maximum atomic E-state index is 6.21. The average Bonchev–Trinajstić information content (AvgIpc) is 3.10. The summed E-state index contributed by atoms with van der Waals surface area (Å²) in [5.74, 6) is 1.74. The van der Waals surface area contributed by atoms with Gasteiger partial charge in [-0.05, 0) is 47.7 Å². The van der Waals surface area contributed by atoms with Gasteiger partial charge < -0.3 is 10.1 Å². The SMILES string of the molecule is Cn1nnnc1SCCCNCc1cc(Cl)ccc1OCc1ccccc1Cl. The average molecular weight is 438 g/mol. The topological polar surface area (TPSA) is 64.9 Å².